The van der Waals surface area contributed by atoms with Gasteiger partial charge in [0, 0.05) is 0 Å². The quantitative estimate of drug-likeness (QED) is 0.702. The number of aromatic nitrogens is 3. The van der Waals surface area contributed by atoms with Crippen molar-refractivity contribution in [1.29, 1.82) is 0 Å². The third kappa shape index (κ3) is 3.40. The SMILES string of the molecule is COc1ccccc1NC(=O)C1Sc2nnc(C)n2NC1c1ccc(F)cc1. The van der Waals surface area contributed by atoms with Crippen LogP contribution >= 0.6 is 11.8 Å². The fourth-order valence-electron chi connectivity index (χ4n) is 3.03. The van der Waals surface area contributed by atoms with Gasteiger partial charge in [0.25, 0.3) is 0 Å². The summed E-state index contributed by atoms with van der Waals surface area (Å²) in [7, 11) is 1.55. The molecule has 0 radical (unpaired) electrons. The minimum atomic E-state index is -0.550. The number of hydrogen-bond donors (Lipinski definition) is 2. The van der Waals surface area contributed by atoms with Crippen molar-refractivity contribution in [3.8, 4) is 5.75 Å². The van der Waals surface area contributed by atoms with Crippen LogP contribution in [0, 0.1) is 12.7 Å². The van der Waals surface area contributed by atoms with E-state index in [1.54, 1.807) is 36.1 Å². The average molecular weight is 399 g/mol. The normalized spacial score (nSPS) is 18.1. The molecule has 0 aliphatic carbocycles. The van der Waals surface area contributed by atoms with Crippen LogP contribution in [-0.2, 0) is 4.79 Å². The van der Waals surface area contributed by atoms with Crippen molar-refractivity contribution in [2.24, 2.45) is 0 Å². The van der Waals surface area contributed by atoms with Crippen molar-refractivity contribution in [2.45, 2.75) is 23.4 Å². The highest BCUT2D eigenvalue weighted by Gasteiger charge is 2.37. The van der Waals surface area contributed by atoms with E-state index in [0.717, 1.165) is 5.56 Å². The first-order valence-electron chi connectivity index (χ1n) is 8.61. The summed E-state index contributed by atoms with van der Waals surface area (Å²) in [6.45, 7) is 1.82. The topological polar surface area (TPSA) is 81.1 Å². The molecule has 7 nitrogen and oxygen atoms in total. The molecule has 0 saturated heterocycles. The molecule has 0 saturated carbocycles. The molecule has 0 fully saturated rings. The lowest BCUT2D eigenvalue weighted by molar-refractivity contribution is -0.116. The molecule has 1 aliphatic rings. The molecule has 9 heteroatoms. The van der Waals surface area contributed by atoms with Crippen LogP contribution < -0.4 is 15.5 Å². The number of nitrogens with zero attached hydrogens (tertiary/aromatic N) is 3. The van der Waals surface area contributed by atoms with Crippen LogP contribution in [0.15, 0.2) is 53.7 Å². The van der Waals surface area contributed by atoms with Gasteiger partial charge in [0.2, 0.25) is 11.1 Å². The van der Waals surface area contributed by atoms with Crippen LogP contribution in [0.5, 0.6) is 5.75 Å². The zero-order chi connectivity index (χ0) is 19.7. The second-order valence-corrected chi connectivity index (χ2v) is 7.36. The Bertz CT molecular complexity index is 1010. The molecule has 0 bridgehead atoms. The van der Waals surface area contributed by atoms with Gasteiger partial charge in [-0.3, -0.25) is 4.79 Å². The average Bonchev–Trinajstić information content (AvgIpc) is 3.08. The van der Waals surface area contributed by atoms with Gasteiger partial charge in [0.15, 0.2) is 0 Å². The lowest BCUT2D eigenvalue weighted by Gasteiger charge is -2.32. The van der Waals surface area contributed by atoms with Gasteiger partial charge in [-0.15, -0.1) is 10.2 Å². The number of benzene rings is 2. The van der Waals surface area contributed by atoms with Crippen molar-refractivity contribution in [1.82, 2.24) is 14.9 Å². The Hall–Kier alpha value is -3.07. The maximum Gasteiger partial charge on any atom is 0.240 e. The molecule has 0 spiro atoms. The summed E-state index contributed by atoms with van der Waals surface area (Å²) in [6.07, 6.45) is 0. The molecule has 1 aliphatic heterocycles. The first kappa shape index (κ1) is 18.3. The zero-order valence-electron chi connectivity index (χ0n) is 15.2. The summed E-state index contributed by atoms with van der Waals surface area (Å²) in [4.78, 5) is 13.1. The number of ether oxygens (including phenoxy) is 1. The van der Waals surface area contributed by atoms with Crippen molar-refractivity contribution in [3.63, 3.8) is 0 Å². The fourth-order valence-corrected chi connectivity index (χ4v) is 4.16. The second kappa shape index (κ2) is 7.51. The van der Waals surface area contributed by atoms with E-state index in [1.807, 2.05) is 19.1 Å². The van der Waals surface area contributed by atoms with Gasteiger partial charge in [-0.1, -0.05) is 36.0 Å². The molecule has 4 rings (SSSR count). The summed E-state index contributed by atoms with van der Waals surface area (Å²) in [5.41, 5.74) is 4.65. The third-order valence-electron chi connectivity index (χ3n) is 4.45. The van der Waals surface area contributed by atoms with E-state index >= 15 is 0 Å². The van der Waals surface area contributed by atoms with Crippen molar-refractivity contribution in [3.05, 3.63) is 65.7 Å². The predicted molar refractivity (Wildman–Crippen MR) is 105 cm³/mol. The van der Waals surface area contributed by atoms with Gasteiger partial charge < -0.3 is 15.5 Å². The number of thioether (sulfide) groups is 1. The summed E-state index contributed by atoms with van der Waals surface area (Å²) in [5, 5.41) is 11.2. The monoisotopic (exact) mass is 399 g/mol. The molecule has 3 aromatic rings. The molecule has 2 heterocycles. The highest BCUT2D eigenvalue weighted by atomic mass is 32.2. The number of hydrogen-bond acceptors (Lipinski definition) is 6. The molecule has 144 valence electrons. The van der Waals surface area contributed by atoms with Crippen LogP contribution in [-0.4, -0.2) is 33.1 Å². The first-order chi connectivity index (χ1) is 13.6. The van der Waals surface area contributed by atoms with Gasteiger partial charge in [-0.05, 0) is 36.8 Å². The number of carbonyl (C=O) groups excluding carboxylic acids is 1. The number of aryl methyl sites for hydroxylation is 1. The number of para-hydroxylation sites is 2. The molecule has 2 atom stereocenters. The van der Waals surface area contributed by atoms with Crippen LogP contribution in [0.25, 0.3) is 0 Å². The molecule has 2 aromatic carbocycles. The van der Waals surface area contributed by atoms with Crippen molar-refractivity contribution >= 4 is 23.4 Å². The molecule has 1 amide bonds. The number of fused-ring (bicyclic) bond motifs is 1. The Labute approximate surface area is 165 Å². The van der Waals surface area contributed by atoms with Gasteiger partial charge >= 0.3 is 0 Å². The Kier molecular flexibility index (Phi) is 4.91. The Morgan fingerprint density at radius 1 is 1.21 bits per heavy atom. The summed E-state index contributed by atoms with van der Waals surface area (Å²) < 4.78 is 20.4. The van der Waals surface area contributed by atoms with E-state index in [-0.39, 0.29) is 11.7 Å². The van der Waals surface area contributed by atoms with Gasteiger partial charge in [-0.25, -0.2) is 9.07 Å². The lowest BCUT2D eigenvalue weighted by Crippen LogP contribution is -2.41. The number of methoxy groups -OCH3 is 1. The van der Waals surface area contributed by atoms with Crippen molar-refractivity contribution < 1.29 is 13.9 Å². The van der Waals surface area contributed by atoms with E-state index in [1.165, 1.54) is 23.9 Å². The van der Waals surface area contributed by atoms with E-state index in [4.69, 9.17) is 4.74 Å². The number of amides is 1. The van der Waals surface area contributed by atoms with Crippen LogP contribution in [0.1, 0.15) is 17.4 Å². The Morgan fingerprint density at radius 3 is 2.71 bits per heavy atom. The van der Waals surface area contributed by atoms with Crippen molar-refractivity contribution in [2.75, 3.05) is 17.9 Å². The minimum Gasteiger partial charge on any atom is -0.495 e. The van der Waals surface area contributed by atoms with Crippen LogP contribution in [0.2, 0.25) is 0 Å². The molecule has 1 aromatic heterocycles. The van der Waals surface area contributed by atoms with E-state index in [9.17, 15) is 9.18 Å². The molecular weight excluding hydrogens is 381 g/mol. The standard InChI is InChI=1S/C19H18FN5O2S/c1-11-22-23-19-25(11)24-16(12-7-9-13(20)10-8-12)17(28-19)18(26)21-14-5-3-4-6-15(14)27-2/h3-10,16-17,24H,1-2H3,(H,21,26). The highest BCUT2D eigenvalue weighted by molar-refractivity contribution is 8.00. The Morgan fingerprint density at radius 2 is 1.96 bits per heavy atom. The van der Waals surface area contributed by atoms with Gasteiger partial charge in [0.1, 0.15) is 22.6 Å². The molecule has 2 N–H and O–H groups in total. The lowest BCUT2D eigenvalue weighted by atomic mass is 10.0. The second-order valence-electron chi connectivity index (χ2n) is 6.25. The maximum atomic E-state index is 13.4. The van der Waals surface area contributed by atoms with E-state index in [0.29, 0.717) is 22.4 Å². The first-order valence-corrected chi connectivity index (χ1v) is 9.49. The number of carbonyl (C=O) groups is 1. The number of nitrogens with one attached hydrogen (secondary N) is 2. The zero-order valence-corrected chi connectivity index (χ0v) is 16.0. The smallest absolute Gasteiger partial charge is 0.240 e. The molecular formula is C19H18FN5O2S. The van der Waals surface area contributed by atoms with Crippen LogP contribution in [0.4, 0.5) is 10.1 Å². The maximum absolute atomic E-state index is 13.4. The molecule has 2 unspecified atom stereocenters. The largest absolute Gasteiger partial charge is 0.495 e. The minimum absolute atomic E-state index is 0.219. The predicted octanol–water partition coefficient (Wildman–Crippen LogP) is 3.13. The summed E-state index contributed by atoms with van der Waals surface area (Å²) in [6, 6.07) is 12.9. The number of anilines is 1. The van der Waals surface area contributed by atoms with E-state index < -0.39 is 11.3 Å². The number of rotatable bonds is 4. The fraction of sp³-hybridized carbons (Fsp3) is 0.211. The van der Waals surface area contributed by atoms with Crippen LogP contribution in [0.3, 0.4) is 0 Å². The van der Waals surface area contributed by atoms with Gasteiger partial charge in [0.05, 0.1) is 18.8 Å². The van der Waals surface area contributed by atoms with Gasteiger partial charge in [-0.2, -0.15) is 0 Å². The van der Waals surface area contributed by atoms with E-state index in [2.05, 4.69) is 20.9 Å². The number of halogens is 1. The third-order valence-corrected chi connectivity index (χ3v) is 5.67. The Balaban J connectivity index is 1.67. The molecule has 28 heavy (non-hydrogen) atoms. The summed E-state index contributed by atoms with van der Waals surface area (Å²) >= 11 is 1.31. The highest BCUT2D eigenvalue weighted by Crippen LogP contribution is 2.38. The summed E-state index contributed by atoms with van der Waals surface area (Å²) in [5.74, 6) is 0.701.